The summed E-state index contributed by atoms with van der Waals surface area (Å²) in [6.07, 6.45) is 8.15. The van der Waals surface area contributed by atoms with Crippen LogP contribution in [0, 0.1) is 0 Å². The normalized spacial score (nSPS) is 21.2. The predicted molar refractivity (Wildman–Crippen MR) is 155 cm³/mol. The monoisotopic (exact) mass is 534 g/mol. The van der Waals surface area contributed by atoms with Crippen molar-refractivity contribution in [1.29, 1.82) is 0 Å². The molecular weight excluding hydrogens is 486 g/mol. The number of ether oxygens (including phenoxy) is 1. The Bertz CT molecular complexity index is 875. The Morgan fingerprint density at radius 2 is 1.71 bits per heavy atom. The molecule has 6 nitrogen and oxygen atoms in total. The number of benzene rings is 1. The van der Waals surface area contributed by atoms with Gasteiger partial charge < -0.3 is 20.3 Å². The molecule has 0 bridgehead atoms. The zero-order valence-corrected chi connectivity index (χ0v) is 23.9. The first-order valence-electron chi connectivity index (χ1n) is 13.6. The van der Waals surface area contributed by atoms with Crippen molar-refractivity contribution in [2.45, 2.75) is 78.0 Å². The van der Waals surface area contributed by atoms with Crippen molar-refractivity contribution in [2.24, 2.45) is 0 Å². The lowest BCUT2D eigenvalue weighted by molar-refractivity contribution is -0.108. The van der Waals surface area contributed by atoms with Crippen LogP contribution in [-0.4, -0.2) is 62.7 Å². The fourth-order valence-electron chi connectivity index (χ4n) is 4.84. The average molecular weight is 535 g/mol. The SMILES string of the molecule is C/C(F)=C(\C=C(/C)F)NC=O.C=C.CN[C@H]1CCC[C@@H](N2CCN(c3ccccc3OC(C)C)CC2)CC1. The van der Waals surface area contributed by atoms with Crippen LogP contribution in [0.5, 0.6) is 5.75 Å². The quantitative estimate of drug-likeness (QED) is 0.182. The number of anilines is 1. The molecule has 1 amide bonds. The van der Waals surface area contributed by atoms with Crippen molar-refractivity contribution >= 4 is 12.1 Å². The lowest BCUT2D eigenvalue weighted by Crippen LogP contribution is -2.50. The average Bonchev–Trinajstić information content (AvgIpc) is 3.16. The Morgan fingerprint density at radius 3 is 2.26 bits per heavy atom. The predicted octanol–water partition coefficient (Wildman–Crippen LogP) is 6.13. The molecule has 0 spiro atoms. The van der Waals surface area contributed by atoms with Crippen LogP contribution in [0.2, 0.25) is 0 Å². The zero-order valence-electron chi connectivity index (χ0n) is 23.9. The van der Waals surface area contributed by atoms with Crippen molar-refractivity contribution in [3.05, 3.63) is 60.9 Å². The van der Waals surface area contributed by atoms with Crippen molar-refractivity contribution in [2.75, 3.05) is 38.1 Å². The molecule has 1 saturated heterocycles. The third-order valence-corrected chi connectivity index (χ3v) is 6.67. The molecule has 3 rings (SSSR count). The van der Waals surface area contributed by atoms with Gasteiger partial charge in [0.25, 0.3) is 0 Å². The first-order valence-corrected chi connectivity index (χ1v) is 13.6. The topological polar surface area (TPSA) is 56.8 Å². The Kier molecular flexibility index (Phi) is 16.2. The van der Waals surface area contributed by atoms with Gasteiger partial charge in [-0.15, -0.1) is 13.2 Å². The van der Waals surface area contributed by atoms with Gasteiger partial charge in [0.05, 0.1) is 23.3 Å². The van der Waals surface area contributed by atoms with Crippen molar-refractivity contribution in [3.8, 4) is 5.75 Å². The van der Waals surface area contributed by atoms with Gasteiger partial charge in [0.1, 0.15) is 11.6 Å². The van der Waals surface area contributed by atoms with E-state index in [1.165, 1.54) is 50.9 Å². The Labute approximate surface area is 228 Å². The summed E-state index contributed by atoms with van der Waals surface area (Å²) in [5, 5.41) is 5.50. The summed E-state index contributed by atoms with van der Waals surface area (Å²) in [4.78, 5) is 15.1. The molecule has 0 radical (unpaired) electrons. The Hall–Kier alpha value is -2.71. The molecule has 0 unspecified atom stereocenters. The molecule has 2 atom stereocenters. The zero-order chi connectivity index (χ0) is 28.5. The Morgan fingerprint density at radius 1 is 1.05 bits per heavy atom. The third kappa shape index (κ3) is 11.8. The molecule has 1 aliphatic carbocycles. The van der Waals surface area contributed by atoms with E-state index in [-0.39, 0.29) is 18.2 Å². The van der Waals surface area contributed by atoms with Crippen molar-refractivity contribution in [1.82, 2.24) is 15.5 Å². The Balaban J connectivity index is 0.000000470. The molecule has 2 aliphatic rings. The van der Waals surface area contributed by atoms with Crippen molar-refractivity contribution in [3.63, 3.8) is 0 Å². The van der Waals surface area contributed by atoms with Gasteiger partial charge >= 0.3 is 0 Å². The number of nitrogens with one attached hydrogen (secondary N) is 2. The molecule has 1 aliphatic heterocycles. The minimum atomic E-state index is -0.630. The summed E-state index contributed by atoms with van der Waals surface area (Å²) in [6, 6.07) is 10.0. The van der Waals surface area contributed by atoms with E-state index in [1.54, 1.807) is 0 Å². The number of amides is 1. The first-order chi connectivity index (χ1) is 18.2. The van der Waals surface area contributed by atoms with Crippen LogP contribution in [0.1, 0.15) is 59.8 Å². The van der Waals surface area contributed by atoms with Crippen LogP contribution in [0.3, 0.4) is 0 Å². The highest BCUT2D eigenvalue weighted by Crippen LogP contribution is 2.31. The molecule has 1 aromatic rings. The van der Waals surface area contributed by atoms with Gasteiger partial charge in [0.15, 0.2) is 0 Å². The van der Waals surface area contributed by atoms with E-state index >= 15 is 0 Å². The maximum Gasteiger partial charge on any atom is 0.211 e. The smallest absolute Gasteiger partial charge is 0.211 e. The lowest BCUT2D eigenvalue weighted by atomic mass is 10.1. The van der Waals surface area contributed by atoms with Crippen LogP contribution in [0.15, 0.2) is 60.9 Å². The van der Waals surface area contributed by atoms with Crippen LogP contribution in [0.25, 0.3) is 0 Å². The highest BCUT2D eigenvalue weighted by molar-refractivity contribution is 5.58. The fraction of sp³-hybridized carbons (Fsp3) is 0.567. The van der Waals surface area contributed by atoms with Gasteiger partial charge in [-0.1, -0.05) is 18.6 Å². The van der Waals surface area contributed by atoms with Crippen molar-refractivity contribution < 1.29 is 18.3 Å². The molecule has 1 heterocycles. The number of rotatable bonds is 8. The number of carbonyl (C=O) groups excluding carboxylic acids is 1. The molecule has 8 heteroatoms. The van der Waals surface area contributed by atoms with Crippen LogP contribution < -0.4 is 20.3 Å². The van der Waals surface area contributed by atoms with E-state index in [0.29, 0.717) is 0 Å². The summed E-state index contributed by atoms with van der Waals surface area (Å²) in [5.74, 6) is -0.169. The molecule has 38 heavy (non-hydrogen) atoms. The number of hydrogen-bond donors (Lipinski definition) is 2. The van der Waals surface area contributed by atoms with Gasteiger partial charge in [-0.05, 0) is 78.6 Å². The van der Waals surface area contributed by atoms with E-state index in [2.05, 4.69) is 73.4 Å². The van der Waals surface area contributed by atoms with Gasteiger partial charge in [0.2, 0.25) is 6.41 Å². The molecule has 1 saturated carbocycles. The van der Waals surface area contributed by atoms with Crippen LogP contribution >= 0.6 is 0 Å². The molecule has 2 fully saturated rings. The lowest BCUT2D eigenvalue weighted by Gasteiger charge is -2.40. The van der Waals surface area contributed by atoms with Gasteiger partial charge in [0, 0.05) is 38.3 Å². The van der Waals surface area contributed by atoms with E-state index in [4.69, 9.17) is 4.74 Å². The van der Waals surface area contributed by atoms with Gasteiger partial charge in [-0.3, -0.25) is 9.69 Å². The summed E-state index contributed by atoms with van der Waals surface area (Å²) < 4.78 is 30.5. The summed E-state index contributed by atoms with van der Waals surface area (Å²) in [7, 11) is 2.11. The number of allylic oxidation sites excluding steroid dienone is 3. The number of halogens is 2. The minimum Gasteiger partial charge on any atom is -0.489 e. The fourth-order valence-corrected chi connectivity index (χ4v) is 4.84. The standard InChI is InChI=1S/C21H35N3O.C7H9F2NO.C2H4/c1-17(2)25-21-10-5-4-9-20(21)24-15-13-23(14-16-24)19-8-6-7-18(22-3)11-12-19;1-5(8)3-7(6(2)9)10-4-11;1-2/h4-5,9-10,17-19,22H,6-8,11-16H2,1-3H3;3-4H,1-2H3,(H,10,11);1-2H2/b;5-3+,7-6-;/t18-,19+;;/m0../s1. The van der Waals surface area contributed by atoms with Gasteiger partial charge in [-0.25, -0.2) is 8.78 Å². The van der Waals surface area contributed by atoms with Crippen LogP contribution in [-0.2, 0) is 4.79 Å². The second-order valence-corrected chi connectivity index (χ2v) is 9.75. The molecule has 2 N–H and O–H groups in total. The maximum absolute atomic E-state index is 12.4. The van der Waals surface area contributed by atoms with Gasteiger partial charge in [-0.2, -0.15) is 0 Å². The van der Waals surface area contributed by atoms with E-state index in [0.717, 1.165) is 50.8 Å². The molecule has 0 aromatic heterocycles. The summed E-state index contributed by atoms with van der Waals surface area (Å²) in [6.45, 7) is 17.0. The summed E-state index contributed by atoms with van der Waals surface area (Å²) in [5.41, 5.74) is 1.10. The number of para-hydroxylation sites is 2. The second kappa shape index (κ2) is 18.5. The van der Waals surface area contributed by atoms with E-state index in [1.807, 2.05) is 5.32 Å². The number of nitrogens with zero attached hydrogens (tertiary/aromatic N) is 2. The highest BCUT2D eigenvalue weighted by Gasteiger charge is 2.27. The van der Waals surface area contributed by atoms with E-state index < -0.39 is 11.7 Å². The minimum absolute atomic E-state index is 0.153. The number of hydrogen-bond acceptors (Lipinski definition) is 5. The van der Waals surface area contributed by atoms with E-state index in [9.17, 15) is 13.6 Å². The van der Waals surface area contributed by atoms with Crippen LogP contribution in [0.4, 0.5) is 14.5 Å². The number of carbonyl (C=O) groups is 1. The first kappa shape index (κ1) is 33.3. The summed E-state index contributed by atoms with van der Waals surface area (Å²) >= 11 is 0. The molecular formula is C30H48F2N4O2. The highest BCUT2D eigenvalue weighted by atomic mass is 19.1. The largest absolute Gasteiger partial charge is 0.489 e. The molecule has 1 aromatic carbocycles. The number of piperazine rings is 1. The third-order valence-electron chi connectivity index (χ3n) is 6.67. The maximum atomic E-state index is 12.4. The second-order valence-electron chi connectivity index (χ2n) is 9.75. The molecule has 214 valence electrons.